The molecule has 2 aliphatic heterocycles. The van der Waals surface area contributed by atoms with Gasteiger partial charge in [0.2, 0.25) is 21.8 Å². The van der Waals surface area contributed by atoms with Gasteiger partial charge in [-0.2, -0.15) is 4.31 Å². The number of hydrogen-bond donors (Lipinski definition) is 0. The molecule has 4 rings (SSSR count). The Kier molecular flexibility index (Phi) is 6.90. The van der Waals surface area contributed by atoms with E-state index in [4.69, 9.17) is 9.47 Å². The summed E-state index contributed by atoms with van der Waals surface area (Å²) in [4.78, 5) is 15.0. The maximum absolute atomic E-state index is 13.0. The number of rotatable bonds is 6. The number of carbonyl (C=O) groups is 1. The summed E-state index contributed by atoms with van der Waals surface area (Å²) in [7, 11) is -1.99. The van der Waals surface area contributed by atoms with Crippen LogP contribution in [0.2, 0.25) is 0 Å². The number of benzene rings is 1. The van der Waals surface area contributed by atoms with E-state index in [0.717, 1.165) is 32.1 Å². The van der Waals surface area contributed by atoms with Crippen LogP contribution in [0.4, 0.5) is 0 Å². The standard InChI is InChI=1S/C22H28N4O5S/c1-30-20-11-12-21(24-23-20)31-18-6-5-13-25(16-18)22(27)17-7-9-19(10-8-17)32(28,29)26-14-3-2-4-15-26/h7-12,18H,2-6,13-16H2,1H3. The van der Waals surface area contributed by atoms with E-state index in [2.05, 4.69) is 10.2 Å². The fourth-order valence-corrected chi connectivity index (χ4v) is 5.59. The number of ether oxygens (including phenoxy) is 2. The Labute approximate surface area is 188 Å². The maximum Gasteiger partial charge on any atom is 0.253 e. The average molecular weight is 461 g/mol. The van der Waals surface area contributed by atoms with Crippen molar-refractivity contribution >= 4 is 15.9 Å². The van der Waals surface area contributed by atoms with E-state index in [9.17, 15) is 13.2 Å². The van der Waals surface area contributed by atoms with Crippen LogP contribution in [0.1, 0.15) is 42.5 Å². The minimum absolute atomic E-state index is 0.138. The van der Waals surface area contributed by atoms with Gasteiger partial charge in [-0.15, -0.1) is 10.2 Å². The highest BCUT2D eigenvalue weighted by atomic mass is 32.2. The summed E-state index contributed by atoms with van der Waals surface area (Å²) in [6.07, 6.45) is 4.26. The topological polar surface area (TPSA) is 102 Å². The summed E-state index contributed by atoms with van der Waals surface area (Å²) >= 11 is 0. The molecule has 1 aromatic carbocycles. The molecule has 9 nitrogen and oxygen atoms in total. The highest BCUT2D eigenvalue weighted by molar-refractivity contribution is 7.89. The largest absolute Gasteiger partial charge is 0.480 e. The lowest BCUT2D eigenvalue weighted by molar-refractivity contribution is 0.0525. The minimum atomic E-state index is -3.51. The molecular weight excluding hydrogens is 432 g/mol. The van der Waals surface area contributed by atoms with Gasteiger partial charge in [0.25, 0.3) is 5.91 Å². The smallest absolute Gasteiger partial charge is 0.253 e. The molecule has 2 aromatic rings. The van der Waals surface area contributed by atoms with Crippen LogP contribution in [0, 0.1) is 0 Å². The van der Waals surface area contributed by atoms with Gasteiger partial charge in [-0.05, 0) is 49.9 Å². The monoisotopic (exact) mass is 460 g/mol. The molecule has 0 spiro atoms. The van der Waals surface area contributed by atoms with E-state index in [0.29, 0.717) is 43.5 Å². The van der Waals surface area contributed by atoms with Crippen LogP contribution in [0.15, 0.2) is 41.3 Å². The molecule has 2 saturated heterocycles. The van der Waals surface area contributed by atoms with E-state index in [-0.39, 0.29) is 16.9 Å². The van der Waals surface area contributed by atoms with Crippen molar-refractivity contribution in [2.75, 3.05) is 33.3 Å². The second-order valence-electron chi connectivity index (χ2n) is 8.04. The van der Waals surface area contributed by atoms with Crippen LogP contribution in [-0.2, 0) is 10.0 Å². The molecule has 2 aliphatic rings. The van der Waals surface area contributed by atoms with Gasteiger partial charge in [-0.25, -0.2) is 8.42 Å². The first-order valence-corrected chi connectivity index (χ1v) is 12.4. The van der Waals surface area contributed by atoms with Crippen molar-refractivity contribution in [2.24, 2.45) is 0 Å². The maximum atomic E-state index is 13.0. The van der Waals surface area contributed by atoms with Crippen molar-refractivity contribution in [3.63, 3.8) is 0 Å². The van der Waals surface area contributed by atoms with Gasteiger partial charge in [-0.1, -0.05) is 6.42 Å². The van der Waals surface area contributed by atoms with Crippen LogP contribution in [0.3, 0.4) is 0 Å². The lowest BCUT2D eigenvalue weighted by Crippen LogP contribution is -2.44. The van der Waals surface area contributed by atoms with Gasteiger partial charge in [0, 0.05) is 37.3 Å². The highest BCUT2D eigenvalue weighted by Gasteiger charge is 2.28. The van der Waals surface area contributed by atoms with Crippen LogP contribution < -0.4 is 9.47 Å². The third-order valence-corrected chi connectivity index (χ3v) is 7.74. The zero-order valence-electron chi connectivity index (χ0n) is 18.1. The number of nitrogens with zero attached hydrogens (tertiary/aromatic N) is 4. The Bertz CT molecular complexity index is 1020. The zero-order chi connectivity index (χ0) is 22.6. The molecule has 1 unspecified atom stereocenters. The Morgan fingerprint density at radius 3 is 2.28 bits per heavy atom. The first-order chi connectivity index (χ1) is 15.5. The number of likely N-dealkylation sites (tertiary alicyclic amines) is 1. The van der Waals surface area contributed by atoms with Gasteiger partial charge in [0.15, 0.2) is 0 Å². The highest BCUT2D eigenvalue weighted by Crippen LogP contribution is 2.23. The second kappa shape index (κ2) is 9.83. The molecule has 0 N–H and O–H groups in total. The number of amides is 1. The lowest BCUT2D eigenvalue weighted by atomic mass is 10.1. The van der Waals surface area contributed by atoms with Gasteiger partial charge < -0.3 is 14.4 Å². The molecule has 0 radical (unpaired) electrons. The number of carbonyl (C=O) groups excluding carboxylic acids is 1. The number of aromatic nitrogens is 2. The molecule has 10 heteroatoms. The fourth-order valence-electron chi connectivity index (χ4n) is 4.08. The average Bonchev–Trinajstić information content (AvgIpc) is 2.85. The van der Waals surface area contributed by atoms with Crippen LogP contribution in [0.25, 0.3) is 0 Å². The van der Waals surface area contributed by atoms with Crippen LogP contribution >= 0.6 is 0 Å². The molecule has 32 heavy (non-hydrogen) atoms. The van der Waals surface area contributed by atoms with Crippen LogP contribution in [-0.4, -0.2) is 73.1 Å². The minimum Gasteiger partial charge on any atom is -0.480 e. The summed E-state index contributed by atoms with van der Waals surface area (Å²) in [5.74, 6) is 0.655. The normalized spacial score (nSPS) is 20.0. The molecule has 0 saturated carbocycles. The summed E-state index contributed by atoms with van der Waals surface area (Å²) in [5, 5.41) is 7.88. The number of sulfonamides is 1. The van der Waals surface area contributed by atoms with Gasteiger partial charge in [0.1, 0.15) is 6.10 Å². The van der Waals surface area contributed by atoms with E-state index in [1.165, 1.54) is 23.5 Å². The number of methoxy groups -OCH3 is 1. The lowest BCUT2D eigenvalue weighted by Gasteiger charge is -2.32. The van der Waals surface area contributed by atoms with E-state index < -0.39 is 10.0 Å². The molecule has 3 heterocycles. The van der Waals surface area contributed by atoms with Crippen molar-refractivity contribution in [3.05, 3.63) is 42.0 Å². The third kappa shape index (κ3) is 5.02. The molecule has 1 amide bonds. The Balaban J connectivity index is 1.39. The first kappa shape index (κ1) is 22.5. The third-order valence-electron chi connectivity index (χ3n) is 5.83. The van der Waals surface area contributed by atoms with E-state index in [1.807, 2.05) is 0 Å². The number of piperidine rings is 2. The number of hydrogen-bond acceptors (Lipinski definition) is 7. The zero-order valence-corrected chi connectivity index (χ0v) is 19.0. The van der Waals surface area contributed by atoms with Crippen LogP contribution in [0.5, 0.6) is 11.8 Å². The van der Waals surface area contributed by atoms with Gasteiger partial charge in [0.05, 0.1) is 18.6 Å². The predicted molar refractivity (Wildman–Crippen MR) is 117 cm³/mol. The summed E-state index contributed by atoms with van der Waals surface area (Å²) in [5.41, 5.74) is 0.465. The SMILES string of the molecule is COc1ccc(OC2CCCN(C(=O)c3ccc(S(=O)(=O)N4CCCCC4)cc3)C2)nn1. The molecular formula is C22H28N4O5S. The van der Waals surface area contributed by atoms with Gasteiger partial charge in [-0.3, -0.25) is 4.79 Å². The molecule has 1 atom stereocenters. The summed E-state index contributed by atoms with van der Waals surface area (Å²) < 4.78 is 38.1. The molecule has 0 bridgehead atoms. The Morgan fingerprint density at radius 2 is 1.62 bits per heavy atom. The van der Waals surface area contributed by atoms with E-state index >= 15 is 0 Å². The molecule has 1 aromatic heterocycles. The van der Waals surface area contributed by atoms with Crippen molar-refractivity contribution in [3.8, 4) is 11.8 Å². The second-order valence-corrected chi connectivity index (χ2v) is 9.97. The molecule has 0 aliphatic carbocycles. The Morgan fingerprint density at radius 1 is 0.938 bits per heavy atom. The van der Waals surface area contributed by atoms with Crippen molar-refractivity contribution in [1.29, 1.82) is 0 Å². The molecule has 2 fully saturated rings. The fraction of sp³-hybridized carbons (Fsp3) is 0.500. The summed E-state index contributed by atoms with van der Waals surface area (Å²) in [6, 6.07) is 9.61. The van der Waals surface area contributed by atoms with Crippen molar-refractivity contribution in [1.82, 2.24) is 19.4 Å². The quantitative estimate of drug-likeness (QED) is 0.652. The van der Waals surface area contributed by atoms with Crippen molar-refractivity contribution < 1.29 is 22.7 Å². The van der Waals surface area contributed by atoms with E-state index in [1.54, 1.807) is 29.2 Å². The summed E-state index contributed by atoms with van der Waals surface area (Å²) in [6.45, 7) is 2.16. The predicted octanol–water partition coefficient (Wildman–Crippen LogP) is 2.34. The first-order valence-electron chi connectivity index (χ1n) is 10.9. The Hall–Kier alpha value is -2.72. The van der Waals surface area contributed by atoms with Crippen molar-refractivity contribution in [2.45, 2.75) is 43.1 Å². The molecule has 172 valence electrons. The van der Waals surface area contributed by atoms with Gasteiger partial charge >= 0.3 is 0 Å².